The van der Waals surface area contributed by atoms with Crippen LogP contribution in [0, 0.1) is 5.41 Å². The number of hydrogen-bond acceptors (Lipinski definition) is 2. The van der Waals surface area contributed by atoms with Gasteiger partial charge in [-0.15, -0.1) is 11.8 Å². The minimum absolute atomic E-state index is 0.0783. The van der Waals surface area contributed by atoms with E-state index in [0.29, 0.717) is 11.3 Å². The summed E-state index contributed by atoms with van der Waals surface area (Å²) >= 11 is 1.93. The van der Waals surface area contributed by atoms with E-state index < -0.39 is 0 Å². The van der Waals surface area contributed by atoms with Crippen molar-refractivity contribution in [2.45, 2.75) is 25.6 Å². The molecule has 0 aromatic heterocycles. The Labute approximate surface area is 71.3 Å². The normalized spacial score (nSPS) is 34.5. The van der Waals surface area contributed by atoms with Crippen molar-refractivity contribution in [3.8, 4) is 0 Å². The molecule has 1 unspecified atom stereocenters. The lowest BCUT2D eigenvalue weighted by molar-refractivity contribution is -0.160. The maximum atomic E-state index is 11.4. The van der Waals surface area contributed by atoms with E-state index in [2.05, 4.69) is 13.8 Å². The molecule has 0 aromatic carbocycles. The second kappa shape index (κ2) is 2.16. The number of hydrogen-bond donors (Lipinski definition) is 0. The maximum Gasteiger partial charge on any atom is 0.232 e. The number of carbonyl (C=O) groups excluding carboxylic acids is 1. The van der Waals surface area contributed by atoms with Gasteiger partial charge in [0.15, 0.2) is 0 Å². The Morgan fingerprint density at radius 1 is 1.64 bits per heavy atom. The molecule has 62 valence electrons. The van der Waals surface area contributed by atoms with Crippen LogP contribution in [0.4, 0.5) is 0 Å². The summed E-state index contributed by atoms with van der Waals surface area (Å²) in [6, 6.07) is 0. The van der Waals surface area contributed by atoms with Gasteiger partial charge in [-0.1, -0.05) is 0 Å². The number of amides is 1. The van der Waals surface area contributed by atoms with Crippen LogP contribution < -0.4 is 0 Å². The van der Waals surface area contributed by atoms with E-state index in [1.807, 2.05) is 16.7 Å². The highest BCUT2D eigenvalue weighted by molar-refractivity contribution is 8.00. The summed E-state index contributed by atoms with van der Waals surface area (Å²) in [5, 5.41) is 0.476. The summed E-state index contributed by atoms with van der Waals surface area (Å²) in [7, 11) is 0. The zero-order valence-corrected chi connectivity index (χ0v) is 7.78. The fourth-order valence-corrected chi connectivity index (χ4v) is 3.27. The van der Waals surface area contributed by atoms with E-state index in [1.165, 1.54) is 12.2 Å². The van der Waals surface area contributed by atoms with Crippen LogP contribution in [0.15, 0.2) is 0 Å². The first kappa shape index (κ1) is 7.47. The maximum absolute atomic E-state index is 11.4. The number of nitrogens with zero attached hydrogens (tertiary/aromatic N) is 1. The van der Waals surface area contributed by atoms with Crippen LogP contribution in [0.1, 0.15) is 20.3 Å². The molecule has 2 aliphatic rings. The molecule has 3 heteroatoms. The fraction of sp³-hybridized carbons (Fsp3) is 0.875. The molecule has 0 saturated carbocycles. The topological polar surface area (TPSA) is 20.3 Å². The van der Waals surface area contributed by atoms with Crippen molar-refractivity contribution in [2.75, 3.05) is 12.3 Å². The monoisotopic (exact) mass is 171 g/mol. The van der Waals surface area contributed by atoms with Crippen LogP contribution in [0.3, 0.4) is 0 Å². The van der Waals surface area contributed by atoms with Crippen LogP contribution in [-0.4, -0.2) is 28.5 Å². The highest BCUT2D eigenvalue weighted by Crippen LogP contribution is 2.46. The SMILES string of the molecule is CC1(C)C(=O)N2CCCSC21. The molecule has 0 N–H and O–H groups in total. The third-order valence-electron chi connectivity index (χ3n) is 2.53. The Morgan fingerprint density at radius 3 is 3.00 bits per heavy atom. The number of thioether (sulfide) groups is 1. The smallest absolute Gasteiger partial charge is 0.232 e. The first-order valence-electron chi connectivity index (χ1n) is 4.07. The largest absolute Gasteiger partial charge is 0.329 e. The molecule has 1 amide bonds. The lowest BCUT2D eigenvalue weighted by atomic mass is 9.82. The van der Waals surface area contributed by atoms with Crippen molar-refractivity contribution in [1.29, 1.82) is 0 Å². The summed E-state index contributed by atoms with van der Waals surface area (Å²) in [5.41, 5.74) is -0.0783. The predicted molar refractivity (Wildman–Crippen MR) is 46.4 cm³/mol. The Kier molecular flexibility index (Phi) is 1.46. The molecule has 0 aromatic rings. The Hall–Kier alpha value is -0.180. The minimum Gasteiger partial charge on any atom is -0.329 e. The van der Waals surface area contributed by atoms with Crippen LogP contribution in [0.5, 0.6) is 0 Å². The van der Waals surface area contributed by atoms with Crippen LogP contribution in [0.25, 0.3) is 0 Å². The van der Waals surface area contributed by atoms with E-state index in [0.717, 1.165) is 6.54 Å². The second-order valence-electron chi connectivity index (χ2n) is 3.80. The minimum atomic E-state index is -0.0783. The summed E-state index contributed by atoms with van der Waals surface area (Å²) in [4.78, 5) is 13.4. The average molecular weight is 171 g/mol. The van der Waals surface area contributed by atoms with Gasteiger partial charge in [0.1, 0.15) is 0 Å². The van der Waals surface area contributed by atoms with Gasteiger partial charge >= 0.3 is 0 Å². The third-order valence-corrected chi connectivity index (χ3v) is 4.22. The van der Waals surface area contributed by atoms with Gasteiger partial charge in [0.05, 0.1) is 10.8 Å². The first-order valence-corrected chi connectivity index (χ1v) is 5.11. The molecule has 0 spiro atoms. The average Bonchev–Trinajstić information content (AvgIpc) is 2.04. The van der Waals surface area contributed by atoms with E-state index in [4.69, 9.17) is 0 Å². The Balaban J connectivity index is 2.15. The summed E-state index contributed by atoms with van der Waals surface area (Å²) in [6.45, 7) is 5.09. The molecule has 2 nitrogen and oxygen atoms in total. The van der Waals surface area contributed by atoms with Crippen molar-refractivity contribution in [3.63, 3.8) is 0 Å². The third kappa shape index (κ3) is 0.835. The van der Waals surface area contributed by atoms with E-state index >= 15 is 0 Å². The van der Waals surface area contributed by atoms with Crippen molar-refractivity contribution < 1.29 is 4.79 Å². The lowest BCUT2D eigenvalue weighted by Gasteiger charge is -2.54. The number of β-lactam (4-membered cyclic amide) rings is 1. The molecule has 0 radical (unpaired) electrons. The van der Waals surface area contributed by atoms with Gasteiger partial charge in [0.25, 0.3) is 0 Å². The zero-order chi connectivity index (χ0) is 8.06. The fourth-order valence-electron chi connectivity index (χ4n) is 1.85. The van der Waals surface area contributed by atoms with Gasteiger partial charge in [-0.05, 0) is 26.0 Å². The molecule has 2 heterocycles. The zero-order valence-electron chi connectivity index (χ0n) is 6.96. The molecule has 2 aliphatic heterocycles. The molecule has 2 saturated heterocycles. The summed E-state index contributed by atoms with van der Waals surface area (Å²) < 4.78 is 0. The summed E-state index contributed by atoms with van der Waals surface area (Å²) in [6.07, 6.45) is 1.17. The first-order chi connectivity index (χ1) is 5.14. The molecule has 2 fully saturated rings. The predicted octanol–water partition coefficient (Wildman–Crippen LogP) is 1.32. The van der Waals surface area contributed by atoms with Crippen molar-refractivity contribution in [2.24, 2.45) is 5.41 Å². The van der Waals surface area contributed by atoms with E-state index in [1.54, 1.807) is 0 Å². The standard InChI is InChI=1S/C8H13NOS/c1-8(2)6(10)9-4-3-5-11-7(8)9/h7H,3-5H2,1-2H3. The Bertz CT molecular complexity index is 202. The molecule has 0 bridgehead atoms. The number of carbonyl (C=O) groups is 1. The summed E-state index contributed by atoms with van der Waals surface area (Å²) in [5.74, 6) is 1.56. The van der Waals surface area contributed by atoms with Gasteiger partial charge in [-0.2, -0.15) is 0 Å². The molecular weight excluding hydrogens is 158 g/mol. The van der Waals surface area contributed by atoms with Gasteiger partial charge in [0.2, 0.25) is 5.91 Å². The highest BCUT2D eigenvalue weighted by atomic mass is 32.2. The second-order valence-corrected chi connectivity index (χ2v) is 4.99. The van der Waals surface area contributed by atoms with Crippen molar-refractivity contribution in [3.05, 3.63) is 0 Å². The van der Waals surface area contributed by atoms with Crippen LogP contribution in [-0.2, 0) is 4.79 Å². The van der Waals surface area contributed by atoms with Crippen LogP contribution in [0.2, 0.25) is 0 Å². The molecular formula is C8H13NOS. The number of rotatable bonds is 0. The van der Waals surface area contributed by atoms with Gasteiger partial charge in [-0.3, -0.25) is 4.79 Å². The molecule has 2 rings (SSSR count). The molecule has 1 atom stereocenters. The number of fused-ring (bicyclic) bond motifs is 1. The van der Waals surface area contributed by atoms with Crippen molar-refractivity contribution in [1.82, 2.24) is 4.90 Å². The molecule has 11 heavy (non-hydrogen) atoms. The van der Waals surface area contributed by atoms with Crippen LogP contribution >= 0.6 is 11.8 Å². The van der Waals surface area contributed by atoms with Gasteiger partial charge in [0, 0.05) is 6.54 Å². The van der Waals surface area contributed by atoms with E-state index in [-0.39, 0.29) is 5.41 Å². The molecule has 0 aliphatic carbocycles. The van der Waals surface area contributed by atoms with Gasteiger partial charge < -0.3 is 4.90 Å². The van der Waals surface area contributed by atoms with Gasteiger partial charge in [-0.25, -0.2) is 0 Å². The van der Waals surface area contributed by atoms with Crippen molar-refractivity contribution >= 4 is 17.7 Å². The highest BCUT2D eigenvalue weighted by Gasteiger charge is 2.54. The quantitative estimate of drug-likeness (QED) is 0.512. The lowest BCUT2D eigenvalue weighted by Crippen LogP contribution is -2.66. The van der Waals surface area contributed by atoms with E-state index in [9.17, 15) is 4.79 Å². The Morgan fingerprint density at radius 2 is 2.36 bits per heavy atom.